The van der Waals surface area contributed by atoms with Crippen LogP contribution in [0.1, 0.15) is 41.5 Å². The van der Waals surface area contributed by atoms with Gasteiger partial charge in [-0.25, -0.2) is 4.79 Å². The molecule has 4 nitrogen and oxygen atoms in total. The number of alkyl carbamates (subject to hydrolysis) is 1. The van der Waals surface area contributed by atoms with Crippen LogP contribution < -0.4 is 5.32 Å². The number of nitrogens with one attached hydrogen (secondary N) is 1. The Hall–Kier alpha value is -0.770. The van der Waals surface area contributed by atoms with Gasteiger partial charge in [-0.05, 0) is 41.5 Å². The summed E-state index contributed by atoms with van der Waals surface area (Å²) < 4.78 is 10.4. The Morgan fingerprint density at radius 2 is 1.71 bits per heavy atom. The van der Waals surface area contributed by atoms with E-state index >= 15 is 0 Å². The Balaban J connectivity index is 4.06. The van der Waals surface area contributed by atoms with Crippen LogP contribution in [0.4, 0.5) is 4.79 Å². The third-order valence-corrected chi connectivity index (χ3v) is 1.31. The first-order chi connectivity index (χ1) is 6.16. The van der Waals surface area contributed by atoms with E-state index in [1.54, 1.807) is 13.8 Å². The quantitative estimate of drug-likeness (QED) is 0.716. The molecule has 0 aliphatic rings. The van der Waals surface area contributed by atoms with E-state index in [9.17, 15) is 4.79 Å². The van der Waals surface area contributed by atoms with Gasteiger partial charge in [0.05, 0.1) is 0 Å². The van der Waals surface area contributed by atoms with Crippen molar-refractivity contribution in [2.45, 2.75) is 52.9 Å². The zero-order valence-electron chi connectivity index (χ0n) is 9.93. The zero-order chi connectivity index (χ0) is 11.4. The minimum Gasteiger partial charge on any atom is -0.444 e. The minimum absolute atomic E-state index is 0.462. The number of ether oxygens (including phenoxy) is 2. The van der Waals surface area contributed by atoms with E-state index < -0.39 is 17.4 Å². The Labute approximate surface area is 86.0 Å². The van der Waals surface area contributed by atoms with Crippen LogP contribution in [-0.4, -0.2) is 24.0 Å². The van der Waals surface area contributed by atoms with Crippen LogP contribution in [-0.2, 0) is 9.47 Å². The van der Waals surface area contributed by atoms with E-state index in [0.717, 1.165) is 0 Å². The molecule has 1 N–H and O–H groups in total. The molecule has 0 spiro atoms. The SMILES string of the molecule is CCOC(C)(C)NC(=O)OC(C)(C)C. The van der Waals surface area contributed by atoms with Gasteiger partial charge in [0.15, 0.2) is 0 Å². The molecule has 0 unspecified atom stereocenters. The summed E-state index contributed by atoms with van der Waals surface area (Å²) in [6, 6.07) is 0. The highest BCUT2D eigenvalue weighted by molar-refractivity contribution is 5.68. The molecule has 0 aromatic carbocycles. The molecule has 14 heavy (non-hydrogen) atoms. The molecule has 0 aromatic heterocycles. The predicted molar refractivity (Wildman–Crippen MR) is 55.1 cm³/mol. The van der Waals surface area contributed by atoms with Gasteiger partial charge in [0.2, 0.25) is 0 Å². The first-order valence-corrected chi connectivity index (χ1v) is 4.81. The van der Waals surface area contributed by atoms with Gasteiger partial charge in [0, 0.05) is 6.61 Å². The fourth-order valence-corrected chi connectivity index (χ4v) is 0.946. The number of amides is 1. The molecule has 0 radical (unpaired) electrons. The fraction of sp³-hybridized carbons (Fsp3) is 0.900. The van der Waals surface area contributed by atoms with Gasteiger partial charge in [-0.3, -0.25) is 5.32 Å². The molecule has 0 bridgehead atoms. The number of carbonyl (C=O) groups is 1. The maximum absolute atomic E-state index is 11.3. The summed E-state index contributed by atoms with van der Waals surface area (Å²) in [5, 5.41) is 2.63. The highest BCUT2D eigenvalue weighted by Gasteiger charge is 2.24. The van der Waals surface area contributed by atoms with Crippen LogP contribution in [0.25, 0.3) is 0 Å². The van der Waals surface area contributed by atoms with E-state index in [1.165, 1.54) is 0 Å². The minimum atomic E-state index is -0.683. The van der Waals surface area contributed by atoms with Crippen LogP contribution in [0, 0.1) is 0 Å². The van der Waals surface area contributed by atoms with E-state index in [2.05, 4.69) is 5.32 Å². The number of carbonyl (C=O) groups excluding carboxylic acids is 1. The smallest absolute Gasteiger partial charge is 0.409 e. The summed E-state index contributed by atoms with van der Waals surface area (Å²) >= 11 is 0. The molecule has 0 aliphatic carbocycles. The lowest BCUT2D eigenvalue weighted by Crippen LogP contribution is -2.47. The van der Waals surface area contributed by atoms with Crippen LogP contribution >= 0.6 is 0 Å². The number of hydrogen-bond acceptors (Lipinski definition) is 3. The molecular weight excluding hydrogens is 182 g/mol. The van der Waals surface area contributed by atoms with Crippen LogP contribution in [0.15, 0.2) is 0 Å². The monoisotopic (exact) mass is 203 g/mol. The zero-order valence-corrected chi connectivity index (χ0v) is 9.93. The van der Waals surface area contributed by atoms with Gasteiger partial charge in [-0.2, -0.15) is 0 Å². The maximum atomic E-state index is 11.3. The van der Waals surface area contributed by atoms with Gasteiger partial charge in [0.25, 0.3) is 0 Å². The van der Waals surface area contributed by atoms with Crippen molar-refractivity contribution in [1.29, 1.82) is 0 Å². The summed E-state index contributed by atoms with van der Waals surface area (Å²) in [7, 11) is 0. The van der Waals surface area contributed by atoms with Gasteiger partial charge >= 0.3 is 6.09 Å². The van der Waals surface area contributed by atoms with Crippen molar-refractivity contribution >= 4 is 6.09 Å². The highest BCUT2D eigenvalue weighted by Crippen LogP contribution is 2.09. The van der Waals surface area contributed by atoms with Gasteiger partial charge in [0.1, 0.15) is 11.3 Å². The van der Waals surface area contributed by atoms with Crippen molar-refractivity contribution < 1.29 is 14.3 Å². The Kier molecular flexibility index (Phi) is 4.39. The van der Waals surface area contributed by atoms with Crippen molar-refractivity contribution in [3.63, 3.8) is 0 Å². The van der Waals surface area contributed by atoms with Crippen LogP contribution in [0.5, 0.6) is 0 Å². The molecular formula is C10H21NO3. The van der Waals surface area contributed by atoms with E-state index in [-0.39, 0.29) is 0 Å². The van der Waals surface area contributed by atoms with Crippen molar-refractivity contribution in [3.8, 4) is 0 Å². The Morgan fingerprint density at radius 1 is 1.21 bits per heavy atom. The lowest BCUT2D eigenvalue weighted by molar-refractivity contribution is -0.0427. The Bertz CT molecular complexity index is 194. The summed E-state index contributed by atoms with van der Waals surface area (Å²) in [5.41, 5.74) is -1.16. The van der Waals surface area contributed by atoms with Gasteiger partial charge in [-0.1, -0.05) is 0 Å². The second-order valence-electron chi connectivity index (χ2n) is 4.57. The standard InChI is InChI=1S/C10H21NO3/c1-7-13-10(5,6)11-8(12)14-9(2,3)4/h7H2,1-6H3,(H,11,12). The average Bonchev–Trinajstić information content (AvgIpc) is 1.78. The van der Waals surface area contributed by atoms with Gasteiger partial charge < -0.3 is 9.47 Å². The summed E-state index contributed by atoms with van der Waals surface area (Å²) in [6.07, 6.45) is -0.462. The summed E-state index contributed by atoms with van der Waals surface area (Å²) in [5.74, 6) is 0. The van der Waals surface area contributed by atoms with Crippen LogP contribution in [0.2, 0.25) is 0 Å². The molecule has 0 atom stereocenters. The third kappa shape index (κ3) is 6.71. The normalized spacial score (nSPS) is 12.4. The largest absolute Gasteiger partial charge is 0.444 e. The summed E-state index contributed by atoms with van der Waals surface area (Å²) in [4.78, 5) is 11.3. The summed E-state index contributed by atoms with van der Waals surface area (Å²) in [6.45, 7) is 11.4. The molecule has 0 aliphatic heterocycles. The van der Waals surface area contributed by atoms with E-state index in [4.69, 9.17) is 9.47 Å². The second-order valence-corrected chi connectivity index (χ2v) is 4.57. The molecule has 0 rings (SSSR count). The van der Waals surface area contributed by atoms with Crippen molar-refractivity contribution in [3.05, 3.63) is 0 Å². The molecule has 84 valence electrons. The van der Waals surface area contributed by atoms with Crippen molar-refractivity contribution in [2.24, 2.45) is 0 Å². The van der Waals surface area contributed by atoms with E-state index in [0.29, 0.717) is 6.61 Å². The molecule has 0 fully saturated rings. The van der Waals surface area contributed by atoms with E-state index in [1.807, 2.05) is 27.7 Å². The van der Waals surface area contributed by atoms with Crippen molar-refractivity contribution in [1.82, 2.24) is 5.32 Å². The van der Waals surface area contributed by atoms with Crippen LogP contribution in [0.3, 0.4) is 0 Å². The number of hydrogen-bond donors (Lipinski definition) is 1. The number of rotatable bonds is 3. The first-order valence-electron chi connectivity index (χ1n) is 4.81. The van der Waals surface area contributed by atoms with Crippen molar-refractivity contribution in [2.75, 3.05) is 6.61 Å². The lowest BCUT2D eigenvalue weighted by atomic mass is 10.2. The van der Waals surface area contributed by atoms with Gasteiger partial charge in [-0.15, -0.1) is 0 Å². The lowest BCUT2D eigenvalue weighted by Gasteiger charge is -2.28. The molecule has 1 amide bonds. The second kappa shape index (κ2) is 4.64. The molecule has 4 heteroatoms. The molecule has 0 saturated carbocycles. The predicted octanol–water partition coefficient (Wildman–Crippen LogP) is 2.28. The molecule has 0 saturated heterocycles. The first kappa shape index (κ1) is 13.2. The third-order valence-electron chi connectivity index (χ3n) is 1.31. The Morgan fingerprint density at radius 3 is 2.07 bits per heavy atom. The fourth-order valence-electron chi connectivity index (χ4n) is 0.946. The average molecular weight is 203 g/mol. The topological polar surface area (TPSA) is 47.6 Å². The molecule has 0 heterocycles. The maximum Gasteiger partial charge on any atom is 0.409 e. The molecule has 0 aromatic rings. The highest BCUT2D eigenvalue weighted by atomic mass is 16.6.